The number of hydrogen-bond donors (Lipinski definition) is 2. The molecule has 3 rings (SSSR count). The number of aromatic amines is 1. The Hall–Kier alpha value is -3.55. The molecule has 1 amide bonds. The molecule has 27 heavy (non-hydrogen) atoms. The van der Waals surface area contributed by atoms with Crippen LogP contribution in [0, 0.1) is 0 Å². The first kappa shape index (κ1) is 18.2. The van der Waals surface area contributed by atoms with Crippen molar-refractivity contribution in [2.75, 3.05) is 26.6 Å². The lowest BCUT2D eigenvalue weighted by Crippen LogP contribution is -2.15. The number of aromatic nitrogens is 3. The van der Waals surface area contributed by atoms with Gasteiger partial charge in [-0.15, -0.1) is 0 Å². The van der Waals surface area contributed by atoms with Crippen LogP contribution in [0.4, 0.5) is 5.82 Å². The number of pyridine rings is 1. The van der Waals surface area contributed by atoms with Gasteiger partial charge in [-0.25, -0.2) is 0 Å². The molecule has 0 radical (unpaired) electrons. The zero-order chi connectivity index (χ0) is 19.2. The highest BCUT2D eigenvalue weighted by molar-refractivity contribution is 5.94. The van der Waals surface area contributed by atoms with Crippen LogP contribution in [0.3, 0.4) is 0 Å². The van der Waals surface area contributed by atoms with Crippen molar-refractivity contribution in [3.8, 4) is 28.5 Å². The highest BCUT2D eigenvalue weighted by atomic mass is 16.5. The Morgan fingerprint density at radius 1 is 1.11 bits per heavy atom. The van der Waals surface area contributed by atoms with Gasteiger partial charge < -0.3 is 19.5 Å². The van der Waals surface area contributed by atoms with Crippen LogP contribution in [-0.4, -0.2) is 42.4 Å². The molecule has 0 aliphatic carbocycles. The fourth-order valence-corrected chi connectivity index (χ4v) is 2.70. The third-order valence-electron chi connectivity index (χ3n) is 3.93. The molecule has 0 bridgehead atoms. The molecule has 0 aliphatic rings. The van der Waals surface area contributed by atoms with Crippen LogP contribution in [0.15, 0.2) is 42.7 Å². The van der Waals surface area contributed by atoms with E-state index in [1.807, 2.05) is 18.2 Å². The summed E-state index contributed by atoms with van der Waals surface area (Å²) in [5.41, 5.74) is 2.16. The summed E-state index contributed by atoms with van der Waals surface area (Å²) < 4.78 is 15.9. The number of anilines is 1. The van der Waals surface area contributed by atoms with Gasteiger partial charge in [0, 0.05) is 6.20 Å². The molecule has 0 spiro atoms. The van der Waals surface area contributed by atoms with Crippen molar-refractivity contribution >= 4 is 11.7 Å². The predicted molar refractivity (Wildman–Crippen MR) is 100 cm³/mol. The summed E-state index contributed by atoms with van der Waals surface area (Å²) in [6.45, 7) is 0. The standard InChI is InChI=1S/C19H20N4O4/c1-25-15-8-12(9-16(26-2)18(15)27-3)10-17(24)22-19-13(11-21-23-19)14-6-4-5-7-20-14/h4-9,11H,10H2,1-3H3,(H2,21,22,23,24). The Morgan fingerprint density at radius 3 is 2.44 bits per heavy atom. The number of nitrogens with one attached hydrogen (secondary N) is 2. The number of methoxy groups -OCH3 is 3. The molecule has 2 aromatic heterocycles. The molecule has 1 aromatic carbocycles. The van der Waals surface area contributed by atoms with E-state index in [9.17, 15) is 4.79 Å². The normalized spacial score (nSPS) is 10.3. The van der Waals surface area contributed by atoms with Crippen molar-refractivity contribution in [1.82, 2.24) is 15.2 Å². The summed E-state index contributed by atoms with van der Waals surface area (Å²) in [5.74, 6) is 1.75. The number of H-pyrrole nitrogens is 1. The summed E-state index contributed by atoms with van der Waals surface area (Å²) in [6.07, 6.45) is 3.43. The number of nitrogens with zero attached hydrogens (tertiary/aromatic N) is 2. The van der Waals surface area contributed by atoms with Gasteiger partial charge in [0.2, 0.25) is 11.7 Å². The monoisotopic (exact) mass is 368 g/mol. The van der Waals surface area contributed by atoms with E-state index in [-0.39, 0.29) is 12.3 Å². The topological polar surface area (TPSA) is 98.4 Å². The van der Waals surface area contributed by atoms with Gasteiger partial charge in [0.05, 0.1) is 45.2 Å². The van der Waals surface area contributed by atoms with E-state index in [1.165, 1.54) is 21.3 Å². The molecule has 0 saturated carbocycles. The molecule has 0 fully saturated rings. The Kier molecular flexibility index (Phi) is 5.55. The SMILES string of the molecule is COc1cc(CC(=O)Nc2[nH]ncc2-c2ccccn2)cc(OC)c1OC. The number of rotatable bonds is 7. The largest absolute Gasteiger partial charge is 0.493 e. The molecular formula is C19H20N4O4. The lowest BCUT2D eigenvalue weighted by molar-refractivity contribution is -0.115. The minimum Gasteiger partial charge on any atom is -0.493 e. The maximum absolute atomic E-state index is 12.5. The minimum atomic E-state index is -0.217. The average Bonchev–Trinajstić information content (AvgIpc) is 3.15. The van der Waals surface area contributed by atoms with Gasteiger partial charge in [-0.1, -0.05) is 6.07 Å². The van der Waals surface area contributed by atoms with E-state index in [0.717, 1.165) is 5.56 Å². The van der Waals surface area contributed by atoms with Crippen LogP contribution >= 0.6 is 0 Å². The molecule has 0 atom stereocenters. The van der Waals surface area contributed by atoms with Crippen molar-refractivity contribution in [3.63, 3.8) is 0 Å². The molecule has 8 nitrogen and oxygen atoms in total. The Balaban J connectivity index is 1.79. The maximum atomic E-state index is 12.5. The first-order valence-corrected chi connectivity index (χ1v) is 8.19. The first-order valence-electron chi connectivity index (χ1n) is 8.19. The molecule has 2 heterocycles. The van der Waals surface area contributed by atoms with E-state index >= 15 is 0 Å². The van der Waals surface area contributed by atoms with Crippen molar-refractivity contribution in [3.05, 3.63) is 48.3 Å². The Bertz CT molecular complexity index is 899. The second-order valence-electron chi connectivity index (χ2n) is 5.63. The van der Waals surface area contributed by atoms with Crippen LogP contribution in [0.25, 0.3) is 11.3 Å². The molecule has 140 valence electrons. The number of carbonyl (C=O) groups is 1. The van der Waals surface area contributed by atoms with Crippen LogP contribution in [0.2, 0.25) is 0 Å². The lowest BCUT2D eigenvalue weighted by atomic mass is 10.1. The van der Waals surface area contributed by atoms with Crippen LogP contribution in [-0.2, 0) is 11.2 Å². The first-order chi connectivity index (χ1) is 13.2. The molecule has 8 heteroatoms. The smallest absolute Gasteiger partial charge is 0.229 e. The third kappa shape index (κ3) is 4.00. The van der Waals surface area contributed by atoms with Gasteiger partial charge in [0.15, 0.2) is 11.5 Å². The third-order valence-corrected chi connectivity index (χ3v) is 3.93. The lowest BCUT2D eigenvalue weighted by Gasteiger charge is -2.14. The number of amides is 1. The Morgan fingerprint density at radius 2 is 1.85 bits per heavy atom. The second-order valence-corrected chi connectivity index (χ2v) is 5.63. The summed E-state index contributed by atoms with van der Waals surface area (Å²) in [4.78, 5) is 16.8. The highest BCUT2D eigenvalue weighted by Gasteiger charge is 2.16. The molecule has 2 N–H and O–H groups in total. The van der Waals surface area contributed by atoms with Crippen LogP contribution in [0.5, 0.6) is 17.2 Å². The van der Waals surface area contributed by atoms with Crippen molar-refractivity contribution < 1.29 is 19.0 Å². The van der Waals surface area contributed by atoms with Gasteiger partial charge in [-0.05, 0) is 29.8 Å². The van der Waals surface area contributed by atoms with Gasteiger partial charge in [-0.2, -0.15) is 5.10 Å². The van der Waals surface area contributed by atoms with Crippen molar-refractivity contribution in [2.45, 2.75) is 6.42 Å². The average molecular weight is 368 g/mol. The molecular weight excluding hydrogens is 348 g/mol. The quantitative estimate of drug-likeness (QED) is 0.665. The minimum absolute atomic E-state index is 0.122. The van der Waals surface area contributed by atoms with Gasteiger partial charge in [-0.3, -0.25) is 14.9 Å². The second kappa shape index (κ2) is 8.22. The molecule has 0 saturated heterocycles. The highest BCUT2D eigenvalue weighted by Crippen LogP contribution is 2.38. The van der Waals surface area contributed by atoms with Crippen LogP contribution < -0.4 is 19.5 Å². The summed E-state index contributed by atoms with van der Waals surface area (Å²) >= 11 is 0. The maximum Gasteiger partial charge on any atom is 0.229 e. The van der Waals surface area contributed by atoms with Gasteiger partial charge in [0.25, 0.3) is 0 Å². The van der Waals surface area contributed by atoms with Crippen LogP contribution in [0.1, 0.15) is 5.56 Å². The molecule has 0 aliphatic heterocycles. The molecule has 0 unspecified atom stereocenters. The van der Waals surface area contributed by atoms with E-state index in [4.69, 9.17) is 14.2 Å². The van der Waals surface area contributed by atoms with E-state index < -0.39 is 0 Å². The number of ether oxygens (including phenoxy) is 3. The number of benzene rings is 1. The van der Waals surface area contributed by atoms with Crippen molar-refractivity contribution in [2.24, 2.45) is 0 Å². The van der Waals surface area contributed by atoms with E-state index in [0.29, 0.717) is 34.3 Å². The summed E-state index contributed by atoms with van der Waals surface area (Å²) in [5, 5.41) is 9.62. The van der Waals surface area contributed by atoms with Crippen molar-refractivity contribution in [1.29, 1.82) is 0 Å². The predicted octanol–water partition coefficient (Wildman–Crippen LogP) is 2.68. The zero-order valence-corrected chi connectivity index (χ0v) is 15.3. The Labute approximate surface area is 156 Å². The number of hydrogen-bond acceptors (Lipinski definition) is 6. The number of carbonyl (C=O) groups excluding carboxylic acids is 1. The summed E-state index contributed by atoms with van der Waals surface area (Å²) in [6, 6.07) is 9.03. The zero-order valence-electron chi connectivity index (χ0n) is 15.3. The molecule has 3 aromatic rings. The summed E-state index contributed by atoms with van der Waals surface area (Å²) in [7, 11) is 4.60. The van der Waals surface area contributed by atoms with Gasteiger partial charge in [0.1, 0.15) is 5.82 Å². The fraction of sp³-hybridized carbons (Fsp3) is 0.211. The van der Waals surface area contributed by atoms with E-state index in [2.05, 4.69) is 20.5 Å². The fourth-order valence-electron chi connectivity index (χ4n) is 2.70. The van der Waals surface area contributed by atoms with Gasteiger partial charge >= 0.3 is 0 Å². The van der Waals surface area contributed by atoms with E-state index in [1.54, 1.807) is 24.5 Å².